The summed E-state index contributed by atoms with van der Waals surface area (Å²) in [5, 5.41) is 1.31. The van der Waals surface area contributed by atoms with Gasteiger partial charge in [-0.1, -0.05) is 29.8 Å². The van der Waals surface area contributed by atoms with Gasteiger partial charge in [0.25, 0.3) is 0 Å². The minimum absolute atomic E-state index is 0.191. The van der Waals surface area contributed by atoms with Crippen LogP contribution in [0.3, 0.4) is 0 Å². The number of aromatic nitrogens is 1. The zero-order valence-electron chi connectivity index (χ0n) is 13.8. The lowest BCUT2D eigenvalue weighted by Crippen LogP contribution is -1.99. The summed E-state index contributed by atoms with van der Waals surface area (Å²) in [5.41, 5.74) is 1.94. The molecule has 0 saturated carbocycles. The first-order valence-corrected chi connectivity index (χ1v) is 8.00. The standard InChI is InChI=1S/C20H16ClNO3/c1-24-15-8-9-16(19(12-15)25-2)18(23)10-7-14-11-13-5-3-4-6-17(13)22-20(14)21/h3-12H,1-2H3/b10-7+. The van der Waals surface area contributed by atoms with Crippen LogP contribution in [-0.4, -0.2) is 25.0 Å². The van der Waals surface area contributed by atoms with Gasteiger partial charge in [0, 0.05) is 17.0 Å². The maximum Gasteiger partial charge on any atom is 0.189 e. The van der Waals surface area contributed by atoms with Crippen LogP contribution in [0.5, 0.6) is 11.5 Å². The second-order valence-corrected chi connectivity index (χ2v) is 5.68. The van der Waals surface area contributed by atoms with E-state index in [4.69, 9.17) is 21.1 Å². The molecule has 0 spiro atoms. The average Bonchev–Trinajstić information content (AvgIpc) is 2.65. The first-order valence-electron chi connectivity index (χ1n) is 7.62. The van der Waals surface area contributed by atoms with Gasteiger partial charge in [-0.3, -0.25) is 4.79 Å². The number of nitrogens with zero attached hydrogens (tertiary/aromatic N) is 1. The fraction of sp³-hybridized carbons (Fsp3) is 0.100. The fourth-order valence-electron chi connectivity index (χ4n) is 2.48. The molecule has 0 amide bonds. The quantitative estimate of drug-likeness (QED) is 0.375. The van der Waals surface area contributed by atoms with Crippen LogP contribution < -0.4 is 9.47 Å². The molecule has 4 nitrogen and oxygen atoms in total. The van der Waals surface area contributed by atoms with Crippen molar-refractivity contribution in [1.82, 2.24) is 4.98 Å². The number of benzene rings is 2. The molecular formula is C20H16ClNO3. The summed E-state index contributed by atoms with van der Waals surface area (Å²) in [6.45, 7) is 0. The number of rotatable bonds is 5. The van der Waals surface area contributed by atoms with E-state index in [9.17, 15) is 4.79 Å². The van der Waals surface area contributed by atoms with E-state index in [1.807, 2.05) is 30.3 Å². The lowest BCUT2D eigenvalue weighted by molar-refractivity contribution is 0.104. The van der Waals surface area contributed by atoms with Crippen molar-refractivity contribution < 1.29 is 14.3 Å². The highest BCUT2D eigenvalue weighted by molar-refractivity contribution is 6.31. The van der Waals surface area contributed by atoms with E-state index >= 15 is 0 Å². The van der Waals surface area contributed by atoms with Gasteiger partial charge in [-0.05, 0) is 36.4 Å². The van der Waals surface area contributed by atoms with Gasteiger partial charge in [0.05, 0.1) is 25.3 Å². The molecule has 0 bridgehead atoms. The highest BCUT2D eigenvalue weighted by Gasteiger charge is 2.11. The number of halogens is 1. The summed E-state index contributed by atoms with van der Waals surface area (Å²) in [6, 6.07) is 14.6. The van der Waals surface area contributed by atoms with E-state index in [0.29, 0.717) is 27.8 Å². The molecule has 0 radical (unpaired) electrons. The van der Waals surface area contributed by atoms with Crippen molar-refractivity contribution >= 4 is 34.4 Å². The van der Waals surface area contributed by atoms with Crippen molar-refractivity contribution in [3.05, 3.63) is 70.9 Å². The summed E-state index contributed by atoms with van der Waals surface area (Å²) < 4.78 is 10.4. The lowest BCUT2D eigenvalue weighted by atomic mass is 10.1. The van der Waals surface area contributed by atoms with Crippen molar-refractivity contribution in [1.29, 1.82) is 0 Å². The normalized spacial score (nSPS) is 11.0. The number of para-hydroxylation sites is 1. The molecule has 2 aromatic carbocycles. The molecule has 0 aliphatic carbocycles. The summed E-state index contributed by atoms with van der Waals surface area (Å²) >= 11 is 6.22. The third kappa shape index (κ3) is 3.64. The molecule has 5 heteroatoms. The van der Waals surface area contributed by atoms with Gasteiger partial charge < -0.3 is 9.47 Å². The van der Waals surface area contributed by atoms with Crippen LogP contribution >= 0.6 is 11.6 Å². The minimum atomic E-state index is -0.191. The summed E-state index contributed by atoms with van der Waals surface area (Å²) in [4.78, 5) is 16.8. The van der Waals surface area contributed by atoms with Crippen molar-refractivity contribution in [2.24, 2.45) is 0 Å². The molecule has 1 aromatic heterocycles. The molecule has 0 aliphatic rings. The van der Waals surface area contributed by atoms with E-state index in [2.05, 4.69) is 4.98 Å². The minimum Gasteiger partial charge on any atom is -0.497 e. The van der Waals surface area contributed by atoms with Gasteiger partial charge in [0.1, 0.15) is 16.7 Å². The Morgan fingerprint density at radius 3 is 2.64 bits per heavy atom. The largest absolute Gasteiger partial charge is 0.497 e. The van der Waals surface area contributed by atoms with E-state index < -0.39 is 0 Å². The molecule has 0 aliphatic heterocycles. The Kier molecular flexibility index (Phi) is 5.00. The first kappa shape index (κ1) is 17.0. The Labute approximate surface area is 150 Å². The molecule has 0 unspecified atom stereocenters. The number of hydrogen-bond donors (Lipinski definition) is 0. The van der Waals surface area contributed by atoms with Crippen LogP contribution in [0, 0.1) is 0 Å². The fourth-order valence-corrected chi connectivity index (χ4v) is 2.69. The summed E-state index contributed by atoms with van der Waals surface area (Å²) in [5.74, 6) is 0.889. The predicted molar refractivity (Wildman–Crippen MR) is 99.7 cm³/mol. The van der Waals surface area contributed by atoms with Gasteiger partial charge in [-0.25, -0.2) is 4.98 Å². The average molecular weight is 354 g/mol. The smallest absolute Gasteiger partial charge is 0.189 e. The highest BCUT2D eigenvalue weighted by Crippen LogP contribution is 2.26. The van der Waals surface area contributed by atoms with Gasteiger partial charge in [-0.15, -0.1) is 0 Å². The van der Waals surface area contributed by atoms with E-state index in [0.717, 1.165) is 10.9 Å². The predicted octanol–water partition coefficient (Wildman–Crippen LogP) is 4.80. The molecule has 1 heterocycles. The molecule has 0 fully saturated rings. The Morgan fingerprint density at radius 1 is 1.08 bits per heavy atom. The number of methoxy groups -OCH3 is 2. The van der Waals surface area contributed by atoms with E-state index in [-0.39, 0.29) is 5.78 Å². The van der Waals surface area contributed by atoms with Gasteiger partial charge in [-0.2, -0.15) is 0 Å². The van der Waals surface area contributed by atoms with Crippen LogP contribution in [0.2, 0.25) is 5.15 Å². The number of hydrogen-bond acceptors (Lipinski definition) is 4. The van der Waals surface area contributed by atoms with Gasteiger partial charge in [0.15, 0.2) is 5.78 Å². The molecular weight excluding hydrogens is 338 g/mol. The van der Waals surface area contributed by atoms with Crippen LogP contribution in [-0.2, 0) is 0 Å². The lowest BCUT2D eigenvalue weighted by Gasteiger charge is -2.08. The highest BCUT2D eigenvalue weighted by atomic mass is 35.5. The van der Waals surface area contributed by atoms with Crippen molar-refractivity contribution in [3.63, 3.8) is 0 Å². The Morgan fingerprint density at radius 2 is 1.88 bits per heavy atom. The topological polar surface area (TPSA) is 48.4 Å². The Hall–Kier alpha value is -2.85. The maximum absolute atomic E-state index is 12.5. The maximum atomic E-state index is 12.5. The second kappa shape index (κ2) is 7.36. The molecule has 126 valence electrons. The zero-order valence-corrected chi connectivity index (χ0v) is 14.6. The van der Waals surface area contributed by atoms with Crippen molar-refractivity contribution in [2.45, 2.75) is 0 Å². The third-order valence-corrected chi connectivity index (χ3v) is 4.10. The monoisotopic (exact) mass is 353 g/mol. The molecule has 0 N–H and O–H groups in total. The first-order chi connectivity index (χ1) is 12.1. The zero-order chi connectivity index (χ0) is 17.8. The van der Waals surface area contributed by atoms with Crippen molar-refractivity contribution in [2.75, 3.05) is 14.2 Å². The van der Waals surface area contributed by atoms with Crippen molar-refractivity contribution in [3.8, 4) is 11.5 Å². The number of allylic oxidation sites excluding steroid dienone is 1. The molecule has 3 aromatic rings. The third-order valence-electron chi connectivity index (χ3n) is 3.79. The van der Waals surface area contributed by atoms with E-state index in [1.54, 1.807) is 31.4 Å². The van der Waals surface area contributed by atoms with Crippen LogP contribution in [0.15, 0.2) is 54.6 Å². The van der Waals surface area contributed by atoms with Crippen LogP contribution in [0.4, 0.5) is 0 Å². The Balaban J connectivity index is 1.92. The van der Waals surface area contributed by atoms with E-state index in [1.165, 1.54) is 13.2 Å². The summed E-state index contributed by atoms with van der Waals surface area (Å²) in [6.07, 6.45) is 3.12. The molecule has 3 rings (SSSR count). The van der Waals surface area contributed by atoms with Gasteiger partial charge >= 0.3 is 0 Å². The second-order valence-electron chi connectivity index (χ2n) is 5.32. The van der Waals surface area contributed by atoms with Gasteiger partial charge in [0.2, 0.25) is 0 Å². The molecule has 25 heavy (non-hydrogen) atoms. The molecule has 0 saturated heterocycles. The number of pyridine rings is 1. The number of carbonyl (C=O) groups is 1. The Bertz CT molecular complexity index is 966. The number of fused-ring (bicyclic) bond motifs is 1. The number of ketones is 1. The van der Waals surface area contributed by atoms with Crippen LogP contribution in [0.25, 0.3) is 17.0 Å². The number of carbonyl (C=O) groups excluding carboxylic acids is 1. The molecule has 0 atom stereocenters. The summed E-state index contributed by atoms with van der Waals surface area (Å²) in [7, 11) is 3.07. The SMILES string of the molecule is COc1ccc(C(=O)/C=C/c2cc3ccccc3nc2Cl)c(OC)c1. The number of ether oxygens (including phenoxy) is 2. The van der Waals surface area contributed by atoms with Crippen LogP contribution in [0.1, 0.15) is 15.9 Å².